The van der Waals surface area contributed by atoms with Gasteiger partial charge in [-0.2, -0.15) is 4.98 Å². The Kier molecular flexibility index (Phi) is 6.12. The topological polar surface area (TPSA) is 54.2 Å². The van der Waals surface area contributed by atoms with Gasteiger partial charge in [-0.1, -0.05) is 54.0 Å². The van der Waals surface area contributed by atoms with Gasteiger partial charge in [0, 0.05) is 22.8 Å². The van der Waals surface area contributed by atoms with Crippen LogP contribution in [0.3, 0.4) is 0 Å². The number of hydrogen-bond acceptors (Lipinski definition) is 4. The Balaban J connectivity index is 1.83. The summed E-state index contributed by atoms with van der Waals surface area (Å²) in [6, 6.07) is 13.7. The van der Waals surface area contributed by atoms with E-state index in [0.29, 0.717) is 21.9 Å². The smallest absolute Gasteiger partial charge is 0.258 e. The molecule has 0 amide bonds. The molecule has 0 saturated carbocycles. The molecule has 5 nitrogen and oxygen atoms in total. The highest BCUT2D eigenvalue weighted by atomic mass is 35.5. The molecule has 0 fully saturated rings. The van der Waals surface area contributed by atoms with Gasteiger partial charge in [0.05, 0.1) is 11.6 Å². The lowest BCUT2D eigenvalue weighted by Gasteiger charge is -2.37. The molecule has 0 bridgehead atoms. The van der Waals surface area contributed by atoms with Crippen molar-refractivity contribution in [3.63, 3.8) is 0 Å². The maximum Gasteiger partial charge on any atom is 0.258 e. The van der Waals surface area contributed by atoms with E-state index in [4.69, 9.17) is 33.3 Å². The molecule has 160 valence electrons. The standard InChI is InChI=1S/C24H25ClN4OS/c1-5-11-29-16(4)20(21(26-24(29)31)17-10-9-14(2)15(3)12-17)23-27-22(28-30-23)18-7-6-8-19(25)13-18/h6-10,12-13,21H,5,11H2,1-4H3,(H,26,31). The predicted molar refractivity (Wildman–Crippen MR) is 129 cm³/mol. The van der Waals surface area contributed by atoms with Gasteiger partial charge in [0.15, 0.2) is 5.11 Å². The van der Waals surface area contributed by atoms with Crippen molar-refractivity contribution in [1.82, 2.24) is 20.4 Å². The van der Waals surface area contributed by atoms with Crippen molar-refractivity contribution < 1.29 is 4.52 Å². The van der Waals surface area contributed by atoms with Crippen LogP contribution in [0.25, 0.3) is 17.0 Å². The number of thiocarbonyl (C=S) groups is 1. The first-order chi connectivity index (χ1) is 14.9. The van der Waals surface area contributed by atoms with Gasteiger partial charge < -0.3 is 14.7 Å². The molecule has 3 aromatic rings. The van der Waals surface area contributed by atoms with E-state index < -0.39 is 0 Å². The van der Waals surface area contributed by atoms with Crippen LogP contribution in [0, 0.1) is 13.8 Å². The molecule has 31 heavy (non-hydrogen) atoms. The van der Waals surface area contributed by atoms with Crippen LogP contribution in [0.4, 0.5) is 0 Å². The van der Waals surface area contributed by atoms with Crippen molar-refractivity contribution in [1.29, 1.82) is 0 Å². The third kappa shape index (κ3) is 4.23. The molecule has 0 saturated heterocycles. The van der Waals surface area contributed by atoms with Gasteiger partial charge in [0.1, 0.15) is 0 Å². The van der Waals surface area contributed by atoms with Gasteiger partial charge >= 0.3 is 0 Å². The lowest BCUT2D eigenvalue weighted by Crippen LogP contribution is -2.46. The van der Waals surface area contributed by atoms with Crippen LogP contribution in [-0.2, 0) is 0 Å². The van der Waals surface area contributed by atoms with E-state index in [1.807, 2.05) is 24.3 Å². The van der Waals surface area contributed by atoms with Crippen molar-refractivity contribution in [3.8, 4) is 11.4 Å². The molecule has 0 radical (unpaired) electrons. The minimum Gasteiger partial charge on any atom is -0.351 e. The van der Waals surface area contributed by atoms with Crippen LogP contribution in [0.5, 0.6) is 0 Å². The zero-order chi connectivity index (χ0) is 22.1. The highest BCUT2D eigenvalue weighted by molar-refractivity contribution is 7.80. The lowest BCUT2D eigenvalue weighted by molar-refractivity contribution is 0.396. The van der Waals surface area contributed by atoms with E-state index in [-0.39, 0.29) is 6.04 Å². The summed E-state index contributed by atoms with van der Waals surface area (Å²) in [7, 11) is 0. The maximum absolute atomic E-state index is 6.15. The highest BCUT2D eigenvalue weighted by Gasteiger charge is 2.33. The molecule has 1 aromatic heterocycles. The number of allylic oxidation sites excluding steroid dienone is 1. The molecule has 2 heterocycles. The third-order valence-corrected chi connectivity index (χ3v) is 6.22. The molecule has 1 aliphatic heterocycles. The molecule has 2 aromatic carbocycles. The number of nitrogens with zero attached hydrogens (tertiary/aromatic N) is 3. The Morgan fingerprint density at radius 1 is 1.13 bits per heavy atom. The molecule has 1 aliphatic rings. The van der Waals surface area contributed by atoms with Crippen LogP contribution in [0.1, 0.15) is 48.9 Å². The predicted octanol–water partition coefficient (Wildman–Crippen LogP) is 6.08. The van der Waals surface area contributed by atoms with Gasteiger partial charge in [-0.15, -0.1) is 0 Å². The van der Waals surface area contributed by atoms with Gasteiger partial charge in [0.2, 0.25) is 5.82 Å². The fourth-order valence-electron chi connectivity index (χ4n) is 3.82. The Bertz CT molecular complexity index is 1170. The molecule has 0 spiro atoms. The maximum atomic E-state index is 6.15. The fraction of sp³-hybridized carbons (Fsp3) is 0.292. The van der Waals surface area contributed by atoms with Crippen LogP contribution in [0.15, 0.2) is 52.7 Å². The van der Waals surface area contributed by atoms with E-state index in [1.54, 1.807) is 0 Å². The molecular formula is C24H25ClN4OS. The highest BCUT2D eigenvalue weighted by Crippen LogP contribution is 2.38. The van der Waals surface area contributed by atoms with Crippen molar-refractivity contribution >= 4 is 34.5 Å². The zero-order valence-electron chi connectivity index (χ0n) is 18.1. The average Bonchev–Trinajstić information content (AvgIpc) is 3.22. The summed E-state index contributed by atoms with van der Waals surface area (Å²) in [6.07, 6.45) is 0.971. The van der Waals surface area contributed by atoms with Crippen LogP contribution >= 0.6 is 23.8 Å². The first-order valence-corrected chi connectivity index (χ1v) is 11.1. The SMILES string of the molecule is CCCN1C(=S)NC(c2ccc(C)c(C)c2)C(c2nc(-c3cccc(Cl)c3)no2)=C1C. The minimum atomic E-state index is -0.174. The second kappa shape index (κ2) is 8.81. The molecule has 4 rings (SSSR count). The molecule has 1 unspecified atom stereocenters. The van der Waals surface area contributed by atoms with Crippen molar-refractivity contribution in [2.24, 2.45) is 0 Å². The number of benzene rings is 2. The lowest BCUT2D eigenvalue weighted by atomic mass is 9.92. The van der Waals surface area contributed by atoms with E-state index >= 15 is 0 Å². The summed E-state index contributed by atoms with van der Waals surface area (Å²) in [5.41, 5.74) is 6.36. The number of aryl methyl sites for hydroxylation is 2. The van der Waals surface area contributed by atoms with Crippen LogP contribution in [0.2, 0.25) is 5.02 Å². The van der Waals surface area contributed by atoms with Crippen molar-refractivity contribution in [2.45, 2.75) is 40.2 Å². The second-order valence-corrected chi connectivity index (χ2v) is 8.63. The van der Waals surface area contributed by atoms with E-state index in [0.717, 1.165) is 35.4 Å². The largest absolute Gasteiger partial charge is 0.351 e. The zero-order valence-corrected chi connectivity index (χ0v) is 19.6. The molecular weight excluding hydrogens is 428 g/mol. The number of halogens is 1. The van der Waals surface area contributed by atoms with Gasteiger partial charge in [0.25, 0.3) is 5.89 Å². The van der Waals surface area contributed by atoms with Crippen LogP contribution in [-0.4, -0.2) is 26.7 Å². The first-order valence-electron chi connectivity index (χ1n) is 10.3. The van der Waals surface area contributed by atoms with Crippen LogP contribution < -0.4 is 5.32 Å². The van der Waals surface area contributed by atoms with E-state index in [1.165, 1.54) is 11.1 Å². The second-order valence-electron chi connectivity index (χ2n) is 7.81. The number of nitrogens with one attached hydrogen (secondary N) is 1. The summed E-state index contributed by atoms with van der Waals surface area (Å²) in [5, 5.41) is 9.07. The Hall–Kier alpha value is -2.70. The quantitative estimate of drug-likeness (QED) is 0.473. The summed E-state index contributed by atoms with van der Waals surface area (Å²) in [6.45, 7) is 9.24. The molecule has 1 N–H and O–H groups in total. The fourth-order valence-corrected chi connectivity index (χ4v) is 4.36. The summed E-state index contributed by atoms with van der Waals surface area (Å²) < 4.78 is 5.76. The molecule has 7 heteroatoms. The van der Waals surface area contributed by atoms with E-state index in [2.05, 4.69) is 61.3 Å². The molecule has 0 aliphatic carbocycles. The normalized spacial score (nSPS) is 16.6. The number of aromatic nitrogens is 2. The van der Waals surface area contributed by atoms with Crippen molar-refractivity contribution in [2.75, 3.05) is 6.54 Å². The number of hydrogen-bond donors (Lipinski definition) is 1. The average molecular weight is 453 g/mol. The Labute approximate surface area is 193 Å². The minimum absolute atomic E-state index is 0.174. The monoisotopic (exact) mass is 452 g/mol. The summed E-state index contributed by atoms with van der Waals surface area (Å²) in [4.78, 5) is 6.83. The van der Waals surface area contributed by atoms with Gasteiger partial charge in [-0.25, -0.2) is 0 Å². The van der Waals surface area contributed by atoms with Gasteiger partial charge in [-0.3, -0.25) is 0 Å². The van der Waals surface area contributed by atoms with Crippen molar-refractivity contribution in [3.05, 3.63) is 75.8 Å². The van der Waals surface area contributed by atoms with Gasteiger partial charge in [-0.05, 0) is 68.2 Å². The summed E-state index contributed by atoms with van der Waals surface area (Å²) >= 11 is 11.9. The van der Waals surface area contributed by atoms with E-state index in [9.17, 15) is 0 Å². The Morgan fingerprint density at radius 2 is 1.94 bits per heavy atom. The first kappa shape index (κ1) is 21.5. The number of rotatable bonds is 5. The molecule has 1 atom stereocenters. The Morgan fingerprint density at radius 3 is 2.65 bits per heavy atom. The third-order valence-electron chi connectivity index (χ3n) is 5.65. The summed E-state index contributed by atoms with van der Waals surface area (Å²) in [5.74, 6) is 0.985.